The lowest BCUT2D eigenvalue weighted by Crippen LogP contribution is -2.08. The Bertz CT molecular complexity index is 587. The standard InChI is InChI=1S/C15H15N3O/c1-11(12-5-7-13(19-2)8-6-12)18-14-4-3-9-17-15(14)10-16/h3-9,11,18H,1-2H3. The van der Waals surface area contributed by atoms with Gasteiger partial charge in [0.25, 0.3) is 0 Å². The Balaban J connectivity index is 2.16. The highest BCUT2D eigenvalue weighted by atomic mass is 16.5. The largest absolute Gasteiger partial charge is 0.497 e. The predicted octanol–water partition coefficient (Wildman–Crippen LogP) is 3.13. The minimum atomic E-state index is 0.0854. The van der Waals surface area contributed by atoms with Crippen molar-refractivity contribution >= 4 is 5.69 Å². The van der Waals surface area contributed by atoms with Gasteiger partial charge in [-0.05, 0) is 36.8 Å². The lowest BCUT2D eigenvalue weighted by atomic mass is 10.1. The summed E-state index contributed by atoms with van der Waals surface area (Å²) in [5, 5.41) is 12.3. The summed E-state index contributed by atoms with van der Waals surface area (Å²) in [5.74, 6) is 0.829. The van der Waals surface area contributed by atoms with Gasteiger partial charge < -0.3 is 10.1 Å². The lowest BCUT2D eigenvalue weighted by molar-refractivity contribution is 0.414. The van der Waals surface area contributed by atoms with Crippen molar-refractivity contribution in [1.29, 1.82) is 5.26 Å². The highest BCUT2D eigenvalue weighted by Crippen LogP contribution is 2.22. The number of rotatable bonds is 4. The summed E-state index contributed by atoms with van der Waals surface area (Å²) in [6.45, 7) is 2.04. The number of nitriles is 1. The van der Waals surface area contributed by atoms with Crippen molar-refractivity contribution in [3.8, 4) is 11.8 Å². The number of anilines is 1. The smallest absolute Gasteiger partial charge is 0.163 e. The van der Waals surface area contributed by atoms with Crippen LogP contribution in [0.1, 0.15) is 24.2 Å². The topological polar surface area (TPSA) is 57.9 Å². The van der Waals surface area contributed by atoms with Crippen LogP contribution in [-0.4, -0.2) is 12.1 Å². The Hall–Kier alpha value is -2.54. The van der Waals surface area contributed by atoms with E-state index in [1.807, 2.05) is 43.3 Å². The van der Waals surface area contributed by atoms with Gasteiger partial charge in [0.2, 0.25) is 0 Å². The van der Waals surface area contributed by atoms with Gasteiger partial charge in [0, 0.05) is 12.2 Å². The number of hydrogen-bond donors (Lipinski definition) is 1. The number of pyridine rings is 1. The Morgan fingerprint density at radius 2 is 2.00 bits per heavy atom. The molecule has 1 heterocycles. The monoisotopic (exact) mass is 253 g/mol. The first kappa shape index (κ1) is 12.9. The Morgan fingerprint density at radius 1 is 1.26 bits per heavy atom. The van der Waals surface area contributed by atoms with Gasteiger partial charge in [-0.15, -0.1) is 0 Å². The maximum absolute atomic E-state index is 9.00. The maximum Gasteiger partial charge on any atom is 0.163 e. The van der Waals surface area contributed by atoms with E-state index >= 15 is 0 Å². The maximum atomic E-state index is 9.00. The van der Waals surface area contributed by atoms with Gasteiger partial charge in [0.15, 0.2) is 5.69 Å². The zero-order valence-corrected chi connectivity index (χ0v) is 10.9. The molecule has 2 aromatic rings. The van der Waals surface area contributed by atoms with Crippen LogP contribution in [0.15, 0.2) is 42.6 Å². The van der Waals surface area contributed by atoms with E-state index in [1.165, 1.54) is 0 Å². The molecular formula is C15H15N3O. The molecule has 4 heteroatoms. The first-order chi connectivity index (χ1) is 9.24. The van der Waals surface area contributed by atoms with E-state index in [-0.39, 0.29) is 6.04 Å². The third-order valence-electron chi connectivity index (χ3n) is 2.90. The molecule has 0 bridgehead atoms. The summed E-state index contributed by atoms with van der Waals surface area (Å²) in [6, 6.07) is 13.7. The van der Waals surface area contributed by atoms with Gasteiger partial charge in [-0.25, -0.2) is 4.98 Å². The molecule has 1 atom stereocenters. The summed E-state index contributed by atoms with van der Waals surface area (Å²) in [5.41, 5.74) is 2.27. The SMILES string of the molecule is COc1ccc(C(C)Nc2cccnc2C#N)cc1. The van der Waals surface area contributed by atoms with Crippen LogP contribution in [0.5, 0.6) is 5.75 Å². The minimum absolute atomic E-state index is 0.0854. The van der Waals surface area contributed by atoms with Gasteiger partial charge >= 0.3 is 0 Å². The van der Waals surface area contributed by atoms with E-state index in [0.717, 1.165) is 17.0 Å². The fraction of sp³-hybridized carbons (Fsp3) is 0.200. The minimum Gasteiger partial charge on any atom is -0.497 e. The average Bonchev–Trinajstić information content (AvgIpc) is 2.48. The molecule has 0 radical (unpaired) electrons. The van der Waals surface area contributed by atoms with Crippen molar-refractivity contribution in [2.24, 2.45) is 0 Å². The van der Waals surface area contributed by atoms with Crippen LogP contribution in [0.3, 0.4) is 0 Å². The van der Waals surface area contributed by atoms with E-state index < -0.39 is 0 Å². The van der Waals surface area contributed by atoms with Crippen molar-refractivity contribution in [3.63, 3.8) is 0 Å². The predicted molar refractivity (Wildman–Crippen MR) is 74.0 cm³/mol. The van der Waals surface area contributed by atoms with Gasteiger partial charge in [0.1, 0.15) is 11.8 Å². The van der Waals surface area contributed by atoms with Crippen molar-refractivity contribution in [2.45, 2.75) is 13.0 Å². The summed E-state index contributed by atoms with van der Waals surface area (Å²) < 4.78 is 5.13. The van der Waals surface area contributed by atoms with Gasteiger partial charge in [-0.3, -0.25) is 0 Å². The van der Waals surface area contributed by atoms with Crippen LogP contribution in [0.25, 0.3) is 0 Å². The van der Waals surface area contributed by atoms with Crippen LogP contribution in [0, 0.1) is 11.3 Å². The molecule has 1 N–H and O–H groups in total. The van der Waals surface area contributed by atoms with Gasteiger partial charge in [0.05, 0.1) is 12.8 Å². The molecule has 1 aromatic carbocycles. The molecule has 1 unspecified atom stereocenters. The van der Waals surface area contributed by atoms with Crippen molar-refractivity contribution in [3.05, 3.63) is 53.9 Å². The number of methoxy groups -OCH3 is 1. The molecule has 4 nitrogen and oxygen atoms in total. The van der Waals surface area contributed by atoms with Crippen molar-refractivity contribution < 1.29 is 4.74 Å². The molecule has 0 saturated carbocycles. The second kappa shape index (κ2) is 5.87. The fourth-order valence-corrected chi connectivity index (χ4v) is 1.82. The third kappa shape index (κ3) is 3.02. The van der Waals surface area contributed by atoms with Crippen LogP contribution in [0.2, 0.25) is 0 Å². The lowest BCUT2D eigenvalue weighted by Gasteiger charge is -2.16. The number of hydrogen-bond acceptors (Lipinski definition) is 4. The number of benzene rings is 1. The molecule has 96 valence electrons. The number of nitrogens with one attached hydrogen (secondary N) is 1. The fourth-order valence-electron chi connectivity index (χ4n) is 1.82. The number of aromatic nitrogens is 1. The molecule has 1 aromatic heterocycles. The first-order valence-electron chi connectivity index (χ1n) is 6.00. The summed E-state index contributed by atoms with van der Waals surface area (Å²) in [6.07, 6.45) is 1.61. The molecular weight excluding hydrogens is 238 g/mol. The zero-order chi connectivity index (χ0) is 13.7. The zero-order valence-electron chi connectivity index (χ0n) is 10.9. The molecule has 0 spiro atoms. The van der Waals surface area contributed by atoms with Crippen LogP contribution < -0.4 is 10.1 Å². The molecule has 2 rings (SSSR count). The van der Waals surface area contributed by atoms with Gasteiger partial charge in [-0.2, -0.15) is 5.26 Å². The first-order valence-corrected chi connectivity index (χ1v) is 6.00. The molecule has 0 aliphatic heterocycles. The summed E-state index contributed by atoms with van der Waals surface area (Å²) >= 11 is 0. The summed E-state index contributed by atoms with van der Waals surface area (Å²) in [4.78, 5) is 4.03. The normalized spacial score (nSPS) is 11.4. The Kier molecular flexibility index (Phi) is 3.99. The van der Waals surface area contributed by atoms with Crippen LogP contribution >= 0.6 is 0 Å². The number of nitrogens with zero attached hydrogens (tertiary/aromatic N) is 2. The summed E-state index contributed by atoms with van der Waals surface area (Å²) in [7, 11) is 1.64. The van der Waals surface area contributed by atoms with Crippen molar-refractivity contribution in [1.82, 2.24) is 4.98 Å². The van der Waals surface area contributed by atoms with E-state index in [0.29, 0.717) is 5.69 Å². The highest BCUT2D eigenvalue weighted by molar-refractivity contribution is 5.54. The Morgan fingerprint density at radius 3 is 2.63 bits per heavy atom. The molecule has 0 aliphatic rings. The van der Waals surface area contributed by atoms with Crippen LogP contribution in [0.4, 0.5) is 5.69 Å². The number of ether oxygens (including phenoxy) is 1. The second-order valence-electron chi connectivity index (χ2n) is 4.15. The van der Waals surface area contributed by atoms with Gasteiger partial charge in [-0.1, -0.05) is 12.1 Å². The third-order valence-corrected chi connectivity index (χ3v) is 2.90. The molecule has 0 saturated heterocycles. The molecule has 0 aliphatic carbocycles. The molecule has 19 heavy (non-hydrogen) atoms. The van der Waals surface area contributed by atoms with E-state index in [1.54, 1.807) is 13.3 Å². The van der Waals surface area contributed by atoms with Crippen LogP contribution in [-0.2, 0) is 0 Å². The quantitative estimate of drug-likeness (QED) is 0.909. The molecule has 0 fully saturated rings. The van der Waals surface area contributed by atoms with E-state index in [4.69, 9.17) is 10.00 Å². The second-order valence-corrected chi connectivity index (χ2v) is 4.15. The Labute approximate surface area is 112 Å². The average molecular weight is 253 g/mol. The highest BCUT2D eigenvalue weighted by Gasteiger charge is 2.08. The van der Waals surface area contributed by atoms with Crippen molar-refractivity contribution in [2.75, 3.05) is 12.4 Å². The molecule has 0 amide bonds. The van der Waals surface area contributed by atoms with E-state index in [9.17, 15) is 0 Å². The van der Waals surface area contributed by atoms with E-state index in [2.05, 4.69) is 16.4 Å².